The standard InChI is InChI=1S/C18H21ClN2O2.ClH/c1-21(10-11-23-16-9-5-8-15(19)13-16)18(22)17(20)12-14-6-3-2-4-7-14;/h2-9,13,17H,10-12,20H2,1H3;1H. The first-order chi connectivity index (χ1) is 11.1. The van der Waals surface area contributed by atoms with E-state index < -0.39 is 6.04 Å². The van der Waals surface area contributed by atoms with E-state index in [1.807, 2.05) is 42.5 Å². The molecule has 2 rings (SSSR count). The van der Waals surface area contributed by atoms with E-state index in [4.69, 9.17) is 22.1 Å². The molecule has 0 fully saturated rings. The van der Waals surface area contributed by atoms with E-state index >= 15 is 0 Å². The number of rotatable bonds is 7. The predicted octanol–water partition coefficient (Wildman–Crippen LogP) is 3.17. The van der Waals surface area contributed by atoms with Crippen molar-refractivity contribution in [3.05, 3.63) is 65.2 Å². The highest BCUT2D eigenvalue weighted by molar-refractivity contribution is 6.30. The lowest BCUT2D eigenvalue weighted by Gasteiger charge is -2.21. The largest absolute Gasteiger partial charge is 0.492 e. The zero-order valence-electron chi connectivity index (χ0n) is 13.5. The fourth-order valence-electron chi connectivity index (χ4n) is 2.21. The molecule has 130 valence electrons. The van der Waals surface area contributed by atoms with Gasteiger partial charge in [-0.05, 0) is 30.2 Å². The zero-order chi connectivity index (χ0) is 16.7. The number of benzene rings is 2. The average molecular weight is 369 g/mol. The molecule has 0 saturated carbocycles. The average Bonchev–Trinajstić information content (AvgIpc) is 2.55. The highest BCUT2D eigenvalue weighted by Gasteiger charge is 2.18. The Hall–Kier alpha value is -1.75. The summed E-state index contributed by atoms with van der Waals surface area (Å²) >= 11 is 5.89. The first-order valence-corrected chi connectivity index (χ1v) is 7.87. The van der Waals surface area contributed by atoms with Crippen molar-refractivity contribution in [1.29, 1.82) is 0 Å². The van der Waals surface area contributed by atoms with Gasteiger partial charge in [0.1, 0.15) is 12.4 Å². The zero-order valence-corrected chi connectivity index (χ0v) is 15.1. The molecule has 0 bridgehead atoms. The van der Waals surface area contributed by atoms with Gasteiger partial charge in [-0.1, -0.05) is 48.0 Å². The summed E-state index contributed by atoms with van der Waals surface area (Å²) in [6, 6.07) is 16.4. The Balaban J connectivity index is 0.00000288. The first kappa shape index (κ1) is 20.3. The Morgan fingerprint density at radius 1 is 1.21 bits per heavy atom. The van der Waals surface area contributed by atoms with Crippen LogP contribution in [0.5, 0.6) is 5.75 Å². The maximum Gasteiger partial charge on any atom is 0.239 e. The second kappa shape index (κ2) is 10.2. The lowest BCUT2D eigenvalue weighted by atomic mass is 10.1. The van der Waals surface area contributed by atoms with Crippen molar-refractivity contribution in [3.63, 3.8) is 0 Å². The third-order valence-electron chi connectivity index (χ3n) is 3.48. The minimum atomic E-state index is -0.548. The summed E-state index contributed by atoms with van der Waals surface area (Å²) in [7, 11) is 1.73. The lowest BCUT2D eigenvalue weighted by molar-refractivity contribution is -0.131. The van der Waals surface area contributed by atoms with Gasteiger partial charge in [0, 0.05) is 12.1 Å². The van der Waals surface area contributed by atoms with Crippen molar-refractivity contribution in [1.82, 2.24) is 4.90 Å². The van der Waals surface area contributed by atoms with Gasteiger partial charge in [0.2, 0.25) is 5.91 Å². The fourth-order valence-corrected chi connectivity index (χ4v) is 2.39. The van der Waals surface area contributed by atoms with Gasteiger partial charge in [-0.15, -0.1) is 12.4 Å². The molecule has 6 heteroatoms. The number of likely N-dealkylation sites (N-methyl/N-ethyl adjacent to an activating group) is 1. The molecule has 1 atom stereocenters. The molecule has 0 aliphatic carbocycles. The molecule has 0 radical (unpaired) electrons. The number of halogens is 2. The smallest absolute Gasteiger partial charge is 0.239 e. The summed E-state index contributed by atoms with van der Waals surface area (Å²) in [5.41, 5.74) is 7.06. The van der Waals surface area contributed by atoms with Crippen LogP contribution in [-0.4, -0.2) is 37.0 Å². The number of ether oxygens (including phenoxy) is 1. The molecule has 2 aromatic carbocycles. The molecule has 1 unspecified atom stereocenters. The molecule has 0 aliphatic heterocycles. The maximum atomic E-state index is 12.3. The van der Waals surface area contributed by atoms with Crippen LogP contribution in [0, 0.1) is 0 Å². The Kier molecular flexibility index (Phi) is 8.61. The van der Waals surface area contributed by atoms with Crippen LogP contribution in [0.2, 0.25) is 5.02 Å². The maximum absolute atomic E-state index is 12.3. The Morgan fingerprint density at radius 2 is 1.92 bits per heavy atom. The summed E-state index contributed by atoms with van der Waals surface area (Å²) in [5.74, 6) is 0.593. The van der Waals surface area contributed by atoms with E-state index in [1.165, 1.54) is 0 Å². The molecule has 0 aromatic heterocycles. The topological polar surface area (TPSA) is 55.6 Å². The normalized spacial score (nSPS) is 11.3. The van der Waals surface area contributed by atoms with Crippen LogP contribution in [0.25, 0.3) is 0 Å². The van der Waals surface area contributed by atoms with Gasteiger partial charge in [-0.2, -0.15) is 0 Å². The molecule has 2 aromatic rings. The van der Waals surface area contributed by atoms with E-state index in [9.17, 15) is 4.79 Å². The molecule has 1 amide bonds. The van der Waals surface area contributed by atoms with Gasteiger partial charge in [0.15, 0.2) is 0 Å². The predicted molar refractivity (Wildman–Crippen MR) is 100.0 cm³/mol. The number of hydrogen-bond acceptors (Lipinski definition) is 3. The van der Waals surface area contributed by atoms with Crippen LogP contribution in [0.1, 0.15) is 5.56 Å². The van der Waals surface area contributed by atoms with Gasteiger partial charge >= 0.3 is 0 Å². The fraction of sp³-hybridized carbons (Fsp3) is 0.278. The van der Waals surface area contributed by atoms with E-state index in [-0.39, 0.29) is 18.3 Å². The summed E-state index contributed by atoms with van der Waals surface area (Å²) in [4.78, 5) is 13.9. The Morgan fingerprint density at radius 3 is 2.58 bits per heavy atom. The molecule has 24 heavy (non-hydrogen) atoms. The van der Waals surface area contributed by atoms with Crippen molar-refractivity contribution >= 4 is 29.9 Å². The number of carbonyl (C=O) groups is 1. The van der Waals surface area contributed by atoms with Crippen LogP contribution in [-0.2, 0) is 11.2 Å². The van der Waals surface area contributed by atoms with Gasteiger partial charge in [-0.3, -0.25) is 4.79 Å². The molecule has 0 heterocycles. The van der Waals surface area contributed by atoms with Crippen LogP contribution in [0.15, 0.2) is 54.6 Å². The van der Waals surface area contributed by atoms with Gasteiger partial charge in [-0.25, -0.2) is 0 Å². The number of hydrogen-bond donors (Lipinski definition) is 1. The van der Waals surface area contributed by atoms with Crippen molar-refractivity contribution in [3.8, 4) is 5.75 Å². The molecule has 0 saturated heterocycles. The third kappa shape index (κ3) is 6.40. The van der Waals surface area contributed by atoms with Crippen LogP contribution in [0.3, 0.4) is 0 Å². The second-order valence-corrected chi connectivity index (χ2v) is 5.80. The molecule has 4 nitrogen and oxygen atoms in total. The summed E-state index contributed by atoms with van der Waals surface area (Å²) in [5, 5.41) is 0.622. The molecular formula is C18H22Cl2N2O2. The number of nitrogens with zero attached hydrogens (tertiary/aromatic N) is 1. The van der Waals surface area contributed by atoms with E-state index in [0.717, 1.165) is 5.56 Å². The summed E-state index contributed by atoms with van der Waals surface area (Å²) < 4.78 is 5.59. The third-order valence-corrected chi connectivity index (χ3v) is 3.72. The number of nitrogens with two attached hydrogens (primary N) is 1. The van der Waals surface area contributed by atoms with Crippen LogP contribution in [0.4, 0.5) is 0 Å². The van der Waals surface area contributed by atoms with E-state index in [0.29, 0.717) is 30.3 Å². The monoisotopic (exact) mass is 368 g/mol. The van der Waals surface area contributed by atoms with Crippen molar-refractivity contribution in [2.45, 2.75) is 12.5 Å². The van der Waals surface area contributed by atoms with E-state index in [2.05, 4.69) is 0 Å². The highest BCUT2D eigenvalue weighted by atomic mass is 35.5. The van der Waals surface area contributed by atoms with Gasteiger partial charge in [0.25, 0.3) is 0 Å². The Labute approximate surface area is 154 Å². The van der Waals surface area contributed by atoms with E-state index in [1.54, 1.807) is 24.1 Å². The van der Waals surface area contributed by atoms with Gasteiger partial charge < -0.3 is 15.4 Å². The van der Waals surface area contributed by atoms with Gasteiger partial charge in [0.05, 0.1) is 12.6 Å². The second-order valence-electron chi connectivity index (χ2n) is 5.36. The Bertz CT molecular complexity index is 638. The minimum Gasteiger partial charge on any atom is -0.492 e. The van der Waals surface area contributed by atoms with Crippen molar-refractivity contribution in [2.75, 3.05) is 20.2 Å². The summed E-state index contributed by atoms with van der Waals surface area (Å²) in [6.45, 7) is 0.856. The lowest BCUT2D eigenvalue weighted by Crippen LogP contribution is -2.44. The first-order valence-electron chi connectivity index (χ1n) is 7.49. The quantitative estimate of drug-likeness (QED) is 0.816. The molecule has 0 spiro atoms. The van der Waals surface area contributed by atoms with Crippen molar-refractivity contribution < 1.29 is 9.53 Å². The molecular weight excluding hydrogens is 347 g/mol. The highest BCUT2D eigenvalue weighted by Crippen LogP contribution is 2.16. The number of amides is 1. The summed E-state index contributed by atoms with van der Waals surface area (Å²) in [6.07, 6.45) is 0.527. The van der Waals surface area contributed by atoms with Crippen LogP contribution < -0.4 is 10.5 Å². The minimum absolute atomic E-state index is 0. The molecule has 2 N–H and O–H groups in total. The van der Waals surface area contributed by atoms with Crippen LogP contribution >= 0.6 is 24.0 Å². The number of carbonyl (C=O) groups excluding carboxylic acids is 1. The SMILES string of the molecule is CN(CCOc1cccc(Cl)c1)C(=O)C(N)Cc1ccccc1.Cl. The van der Waals surface area contributed by atoms with Crippen molar-refractivity contribution in [2.24, 2.45) is 5.73 Å². The molecule has 0 aliphatic rings.